The summed E-state index contributed by atoms with van der Waals surface area (Å²) < 4.78 is 5.41. The SMILES string of the molecule is CC(=O)Nc1cccc(NC(=O)C(=O)N2CCN(C3CCOCC3)CC2)c1C. The van der Waals surface area contributed by atoms with E-state index in [9.17, 15) is 14.4 Å². The Hall–Kier alpha value is -2.45. The Labute approximate surface area is 165 Å². The van der Waals surface area contributed by atoms with Gasteiger partial charge < -0.3 is 20.3 Å². The van der Waals surface area contributed by atoms with E-state index in [0.29, 0.717) is 36.1 Å². The fraction of sp³-hybridized carbons (Fsp3) is 0.550. The number of ether oxygens (including phenoxy) is 1. The van der Waals surface area contributed by atoms with Crippen LogP contribution < -0.4 is 10.6 Å². The monoisotopic (exact) mass is 388 g/mol. The van der Waals surface area contributed by atoms with E-state index in [0.717, 1.165) is 39.1 Å². The summed E-state index contributed by atoms with van der Waals surface area (Å²) in [5, 5.41) is 5.40. The molecule has 0 saturated carbocycles. The van der Waals surface area contributed by atoms with Gasteiger partial charge in [0, 0.05) is 63.7 Å². The summed E-state index contributed by atoms with van der Waals surface area (Å²) in [5.41, 5.74) is 1.84. The predicted molar refractivity (Wildman–Crippen MR) is 106 cm³/mol. The Kier molecular flexibility index (Phi) is 6.64. The summed E-state index contributed by atoms with van der Waals surface area (Å²) in [6.45, 7) is 7.46. The van der Waals surface area contributed by atoms with Gasteiger partial charge in [-0.2, -0.15) is 0 Å². The molecule has 2 aliphatic heterocycles. The molecule has 2 saturated heterocycles. The number of nitrogens with zero attached hydrogens (tertiary/aromatic N) is 2. The van der Waals surface area contributed by atoms with Crippen LogP contribution in [0, 0.1) is 6.92 Å². The van der Waals surface area contributed by atoms with E-state index >= 15 is 0 Å². The van der Waals surface area contributed by atoms with E-state index < -0.39 is 11.8 Å². The number of anilines is 2. The summed E-state index contributed by atoms with van der Waals surface area (Å²) in [6.07, 6.45) is 2.05. The van der Waals surface area contributed by atoms with Crippen LogP contribution in [0.1, 0.15) is 25.3 Å². The van der Waals surface area contributed by atoms with Gasteiger partial charge in [-0.25, -0.2) is 0 Å². The number of carbonyl (C=O) groups is 3. The first kappa shape index (κ1) is 20.3. The number of hydrogen-bond donors (Lipinski definition) is 2. The lowest BCUT2D eigenvalue weighted by Gasteiger charge is -2.40. The maximum Gasteiger partial charge on any atom is 0.313 e. The molecular weight excluding hydrogens is 360 g/mol. The van der Waals surface area contributed by atoms with Crippen LogP contribution in [0.3, 0.4) is 0 Å². The van der Waals surface area contributed by atoms with Crippen LogP contribution in [0.25, 0.3) is 0 Å². The minimum atomic E-state index is -0.650. The van der Waals surface area contributed by atoms with Crippen molar-refractivity contribution in [1.82, 2.24) is 9.80 Å². The fourth-order valence-corrected chi connectivity index (χ4v) is 3.76. The third-order valence-corrected chi connectivity index (χ3v) is 5.40. The van der Waals surface area contributed by atoms with Crippen LogP contribution in [0.4, 0.5) is 11.4 Å². The smallest absolute Gasteiger partial charge is 0.313 e. The molecular formula is C20H28N4O4. The van der Waals surface area contributed by atoms with Gasteiger partial charge in [0.15, 0.2) is 0 Å². The summed E-state index contributed by atoms with van der Waals surface area (Å²) in [4.78, 5) is 40.3. The highest BCUT2D eigenvalue weighted by molar-refractivity contribution is 6.39. The van der Waals surface area contributed by atoms with E-state index in [1.165, 1.54) is 6.92 Å². The van der Waals surface area contributed by atoms with E-state index in [1.807, 2.05) is 0 Å². The maximum atomic E-state index is 12.6. The zero-order valence-corrected chi connectivity index (χ0v) is 16.5. The van der Waals surface area contributed by atoms with Gasteiger partial charge >= 0.3 is 11.8 Å². The highest BCUT2D eigenvalue weighted by atomic mass is 16.5. The lowest BCUT2D eigenvalue weighted by molar-refractivity contribution is -0.144. The third kappa shape index (κ3) is 4.88. The predicted octanol–water partition coefficient (Wildman–Crippen LogP) is 1.22. The molecule has 0 bridgehead atoms. The van der Waals surface area contributed by atoms with Gasteiger partial charge in [-0.05, 0) is 37.5 Å². The molecule has 3 rings (SSSR count). The van der Waals surface area contributed by atoms with Gasteiger partial charge in [0.2, 0.25) is 5.91 Å². The molecule has 28 heavy (non-hydrogen) atoms. The van der Waals surface area contributed by atoms with Crippen molar-refractivity contribution in [2.45, 2.75) is 32.7 Å². The number of rotatable bonds is 3. The van der Waals surface area contributed by atoms with E-state index in [2.05, 4.69) is 15.5 Å². The highest BCUT2D eigenvalue weighted by Crippen LogP contribution is 2.23. The molecule has 0 radical (unpaired) electrons. The number of hydrogen-bond acceptors (Lipinski definition) is 5. The number of benzene rings is 1. The van der Waals surface area contributed by atoms with Gasteiger partial charge in [0.05, 0.1) is 0 Å². The van der Waals surface area contributed by atoms with Crippen molar-refractivity contribution in [1.29, 1.82) is 0 Å². The Morgan fingerprint density at radius 2 is 1.61 bits per heavy atom. The Morgan fingerprint density at radius 1 is 1.00 bits per heavy atom. The first-order valence-corrected chi connectivity index (χ1v) is 9.75. The molecule has 8 nitrogen and oxygen atoms in total. The molecule has 3 amide bonds. The van der Waals surface area contributed by atoms with Gasteiger partial charge in [0.25, 0.3) is 0 Å². The summed E-state index contributed by atoms with van der Waals surface area (Å²) in [7, 11) is 0. The van der Waals surface area contributed by atoms with Crippen molar-refractivity contribution < 1.29 is 19.1 Å². The van der Waals surface area contributed by atoms with Crippen molar-refractivity contribution in [2.75, 3.05) is 50.0 Å². The topological polar surface area (TPSA) is 91.0 Å². The normalized spacial score (nSPS) is 18.6. The molecule has 2 fully saturated rings. The lowest BCUT2D eigenvalue weighted by atomic mass is 10.1. The number of nitrogens with one attached hydrogen (secondary N) is 2. The summed E-state index contributed by atoms with van der Waals surface area (Å²) >= 11 is 0. The van der Waals surface area contributed by atoms with Gasteiger partial charge in [-0.1, -0.05) is 6.07 Å². The minimum Gasteiger partial charge on any atom is -0.381 e. The van der Waals surface area contributed by atoms with Gasteiger partial charge in [0.1, 0.15) is 0 Å². The molecule has 0 spiro atoms. The molecule has 8 heteroatoms. The van der Waals surface area contributed by atoms with E-state index in [-0.39, 0.29) is 5.91 Å². The molecule has 0 unspecified atom stereocenters. The maximum absolute atomic E-state index is 12.6. The van der Waals surface area contributed by atoms with Crippen molar-refractivity contribution in [3.63, 3.8) is 0 Å². The largest absolute Gasteiger partial charge is 0.381 e. The second-order valence-corrected chi connectivity index (χ2v) is 7.29. The molecule has 0 atom stereocenters. The van der Waals surface area contributed by atoms with Gasteiger partial charge in [-0.15, -0.1) is 0 Å². The first-order chi connectivity index (χ1) is 13.5. The lowest BCUT2D eigenvalue weighted by Crippen LogP contribution is -2.54. The molecule has 2 heterocycles. The average molecular weight is 388 g/mol. The average Bonchev–Trinajstić information content (AvgIpc) is 2.71. The van der Waals surface area contributed by atoms with Crippen LogP contribution in [0.2, 0.25) is 0 Å². The molecule has 2 N–H and O–H groups in total. The Bertz CT molecular complexity index is 738. The molecule has 2 aliphatic rings. The van der Waals surface area contributed by atoms with Crippen LogP contribution >= 0.6 is 0 Å². The molecule has 1 aromatic carbocycles. The molecule has 0 aromatic heterocycles. The molecule has 1 aromatic rings. The van der Waals surface area contributed by atoms with Crippen LogP contribution in [-0.2, 0) is 19.1 Å². The van der Waals surface area contributed by atoms with E-state index in [1.54, 1.807) is 30.0 Å². The van der Waals surface area contributed by atoms with Crippen LogP contribution in [-0.4, -0.2) is 73.0 Å². The molecule has 0 aliphatic carbocycles. The number of carbonyl (C=O) groups excluding carboxylic acids is 3. The fourth-order valence-electron chi connectivity index (χ4n) is 3.76. The van der Waals surface area contributed by atoms with E-state index in [4.69, 9.17) is 4.74 Å². The molecule has 152 valence electrons. The zero-order chi connectivity index (χ0) is 20.1. The first-order valence-electron chi connectivity index (χ1n) is 9.75. The third-order valence-electron chi connectivity index (χ3n) is 5.40. The second kappa shape index (κ2) is 9.16. The van der Waals surface area contributed by atoms with Gasteiger partial charge in [-0.3, -0.25) is 19.3 Å². The quantitative estimate of drug-likeness (QED) is 0.760. The number of piperazine rings is 1. The summed E-state index contributed by atoms with van der Waals surface area (Å²) in [5.74, 6) is -1.36. The minimum absolute atomic E-state index is 0.190. The second-order valence-electron chi connectivity index (χ2n) is 7.29. The summed E-state index contributed by atoms with van der Waals surface area (Å²) in [6, 6.07) is 5.71. The van der Waals surface area contributed by atoms with Crippen molar-refractivity contribution in [2.24, 2.45) is 0 Å². The standard InChI is InChI=1S/C20H28N4O4/c1-14-17(21-15(2)25)4-3-5-18(14)22-19(26)20(27)24-10-8-23(9-11-24)16-6-12-28-13-7-16/h3-5,16H,6-13H2,1-2H3,(H,21,25)(H,22,26). The van der Waals surface area contributed by atoms with Crippen molar-refractivity contribution in [3.8, 4) is 0 Å². The Balaban J connectivity index is 1.55. The highest BCUT2D eigenvalue weighted by Gasteiger charge is 2.30. The Morgan fingerprint density at radius 3 is 2.21 bits per heavy atom. The zero-order valence-electron chi connectivity index (χ0n) is 16.5. The van der Waals surface area contributed by atoms with Crippen molar-refractivity contribution >= 4 is 29.1 Å². The van der Waals surface area contributed by atoms with Crippen LogP contribution in [0.15, 0.2) is 18.2 Å². The van der Waals surface area contributed by atoms with Crippen molar-refractivity contribution in [3.05, 3.63) is 23.8 Å². The van der Waals surface area contributed by atoms with Crippen LogP contribution in [0.5, 0.6) is 0 Å². The number of amides is 3.